The van der Waals surface area contributed by atoms with Crippen molar-refractivity contribution in [2.24, 2.45) is 0 Å². The summed E-state index contributed by atoms with van der Waals surface area (Å²) >= 11 is 9.08. The lowest BCUT2D eigenvalue weighted by Crippen LogP contribution is -1.92. The van der Waals surface area contributed by atoms with Crippen LogP contribution in [0.5, 0.6) is 5.75 Å². The highest BCUT2D eigenvalue weighted by Crippen LogP contribution is 2.32. The quantitative estimate of drug-likeness (QED) is 0.875. The van der Waals surface area contributed by atoms with Crippen LogP contribution in [0.4, 0.5) is 0 Å². The highest BCUT2D eigenvalue weighted by molar-refractivity contribution is 9.10. The Balaban J connectivity index is 2.62. The molecule has 0 spiro atoms. The maximum Gasteiger partial charge on any atom is 0.152 e. The molecule has 1 N–H and O–H groups in total. The summed E-state index contributed by atoms with van der Waals surface area (Å²) in [6.07, 6.45) is 0. The molecular weight excluding hydrogens is 291 g/mol. The number of nitrogens with zero attached hydrogens (tertiary/aromatic N) is 2. The maximum absolute atomic E-state index is 9.76. The molecule has 2 aromatic rings. The van der Waals surface area contributed by atoms with Crippen molar-refractivity contribution in [1.29, 1.82) is 0 Å². The summed E-state index contributed by atoms with van der Waals surface area (Å²) in [5.41, 5.74) is 2.13. The standard InChI is InChI=1S/C11H8BrClN2O/c1-6-4-10(13)14-15-11(6)8-5-7(12)2-3-9(8)16/h2-5,16H,1H3. The first-order chi connectivity index (χ1) is 7.58. The van der Waals surface area contributed by atoms with E-state index in [9.17, 15) is 5.11 Å². The number of aromatic hydroxyl groups is 1. The Labute approximate surface area is 106 Å². The Hall–Kier alpha value is -1.13. The molecule has 0 amide bonds. The molecule has 0 aliphatic heterocycles. The highest BCUT2D eigenvalue weighted by atomic mass is 79.9. The molecule has 0 radical (unpaired) electrons. The van der Waals surface area contributed by atoms with Crippen molar-refractivity contribution in [2.75, 3.05) is 0 Å². The van der Waals surface area contributed by atoms with E-state index in [-0.39, 0.29) is 5.75 Å². The molecular formula is C11H8BrClN2O. The second-order valence-corrected chi connectivity index (χ2v) is 4.66. The van der Waals surface area contributed by atoms with Gasteiger partial charge in [-0.3, -0.25) is 0 Å². The predicted molar refractivity (Wildman–Crippen MR) is 66.6 cm³/mol. The van der Waals surface area contributed by atoms with E-state index in [1.807, 2.05) is 6.92 Å². The third-order valence-electron chi connectivity index (χ3n) is 2.17. The summed E-state index contributed by atoms with van der Waals surface area (Å²) < 4.78 is 0.872. The average Bonchev–Trinajstić information content (AvgIpc) is 2.22. The lowest BCUT2D eigenvalue weighted by molar-refractivity contribution is 0.477. The van der Waals surface area contributed by atoms with E-state index < -0.39 is 0 Å². The van der Waals surface area contributed by atoms with Crippen LogP contribution in [0, 0.1) is 6.92 Å². The van der Waals surface area contributed by atoms with Gasteiger partial charge in [-0.25, -0.2) is 0 Å². The summed E-state index contributed by atoms with van der Waals surface area (Å²) in [5.74, 6) is 0.169. The Morgan fingerprint density at radius 1 is 1.25 bits per heavy atom. The van der Waals surface area contributed by atoms with Gasteiger partial charge in [0.2, 0.25) is 0 Å². The first-order valence-corrected chi connectivity index (χ1v) is 5.74. The minimum atomic E-state index is 0.169. The fraction of sp³-hybridized carbons (Fsp3) is 0.0909. The van der Waals surface area contributed by atoms with Crippen molar-refractivity contribution in [3.8, 4) is 17.0 Å². The average molecular weight is 300 g/mol. The third-order valence-corrected chi connectivity index (χ3v) is 2.85. The molecule has 0 fully saturated rings. The number of benzene rings is 1. The van der Waals surface area contributed by atoms with Crippen molar-refractivity contribution in [3.63, 3.8) is 0 Å². The molecule has 5 heteroatoms. The monoisotopic (exact) mass is 298 g/mol. The lowest BCUT2D eigenvalue weighted by atomic mass is 10.1. The molecule has 0 aliphatic carbocycles. The van der Waals surface area contributed by atoms with Gasteiger partial charge in [0.25, 0.3) is 0 Å². The van der Waals surface area contributed by atoms with Gasteiger partial charge in [0.05, 0.1) is 5.69 Å². The topological polar surface area (TPSA) is 46.0 Å². The van der Waals surface area contributed by atoms with Crippen LogP contribution in [0.15, 0.2) is 28.7 Å². The number of phenolic OH excluding ortho intramolecular Hbond substituents is 1. The molecule has 0 unspecified atom stereocenters. The molecule has 0 aliphatic rings. The van der Waals surface area contributed by atoms with E-state index in [4.69, 9.17) is 11.6 Å². The van der Waals surface area contributed by atoms with E-state index in [1.54, 1.807) is 24.3 Å². The van der Waals surface area contributed by atoms with Crippen LogP contribution >= 0.6 is 27.5 Å². The minimum absolute atomic E-state index is 0.169. The molecule has 1 heterocycles. The molecule has 82 valence electrons. The Morgan fingerprint density at radius 3 is 2.69 bits per heavy atom. The van der Waals surface area contributed by atoms with Crippen LogP contribution in [0.25, 0.3) is 11.3 Å². The number of phenols is 1. The zero-order chi connectivity index (χ0) is 11.7. The van der Waals surface area contributed by atoms with E-state index in [0.717, 1.165) is 10.0 Å². The first kappa shape index (κ1) is 11.4. The van der Waals surface area contributed by atoms with Gasteiger partial charge in [0.15, 0.2) is 5.15 Å². The summed E-state index contributed by atoms with van der Waals surface area (Å²) in [6.45, 7) is 1.87. The van der Waals surface area contributed by atoms with Gasteiger partial charge in [-0.15, -0.1) is 10.2 Å². The highest BCUT2D eigenvalue weighted by Gasteiger charge is 2.10. The Bertz CT molecular complexity index is 546. The van der Waals surface area contributed by atoms with Crippen LogP contribution in [0.2, 0.25) is 5.15 Å². The number of rotatable bonds is 1. The van der Waals surface area contributed by atoms with Crippen molar-refractivity contribution in [1.82, 2.24) is 10.2 Å². The summed E-state index contributed by atoms with van der Waals surface area (Å²) in [6, 6.07) is 6.87. The minimum Gasteiger partial charge on any atom is -0.507 e. The molecule has 1 aromatic carbocycles. The van der Waals surface area contributed by atoms with Crippen molar-refractivity contribution in [3.05, 3.63) is 39.5 Å². The normalized spacial score (nSPS) is 10.4. The van der Waals surface area contributed by atoms with Crippen LogP contribution in [0.3, 0.4) is 0 Å². The Morgan fingerprint density at radius 2 is 2.00 bits per heavy atom. The van der Waals surface area contributed by atoms with Gasteiger partial charge in [-0.05, 0) is 36.8 Å². The molecule has 0 bridgehead atoms. The van der Waals surface area contributed by atoms with Crippen LogP contribution in [-0.2, 0) is 0 Å². The summed E-state index contributed by atoms with van der Waals surface area (Å²) in [7, 11) is 0. The number of hydrogen-bond donors (Lipinski definition) is 1. The van der Waals surface area contributed by atoms with Crippen LogP contribution in [0.1, 0.15) is 5.56 Å². The molecule has 0 saturated heterocycles. The third kappa shape index (κ3) is 2.18. The van der Waals surface area contributed by atoms with E-state index in [2.05, 4.69) is 26.1 Å². The number of aryl methyl sites for hydroxylation is 1. The van der Waals surface area contributed by atoms with Gasteiger partial charge in [0, 0.05) is 10.0 Å². The zero-order valence-electron chi connectivity index (χ0n) is 8.41. The molecule has 0 atom stereocenters. The lowest BCUT2D eigenvalue weighted by Gasteiger charge is -2.06. The van der Waals surface area contributed by atoms with Crippen molar-refractivity contribution >= 4 is 27.5 Å². The molecule has 2 rings (SSSR count). The van der Waals surface area contributed by atoms with Gasteiger partial charge >= 0.3 is 0 Å². The van der Waals surface area contributed by atoms with Crippen LogP contribution in [-0.4, -0.2) is 15.3 Å². The first-order valence-electron chi connectivity index (χ1n) is 4.56. The van der Waals surface area contributed by atoms with Gasteiger partial charge < -0.3 is 5.11 Å². The summed E-state index contributed by atoms with van der Waals surface area (Å²) in [5, 5.41) is 17.9. The number of halogens is 2. The predicted octanol–water partition coefficient (Wildman–Crippen LogP) is 3.57. The molecule has 0 saturated carbocycles. The van der Waals surface area contributed by atoms with Gasteiger partial charge in [0.1, 0.15) is 5.75 Å². The number of aromatic nitrogens is 2. The van der Waals surface area contributed by atoms with Crippen molar-refractivity contribution < 1.29 is 5.11 Å². The van der Waals surface area contributed by atoms with E-state index >= 15 is 0 Å². The number of hydrogen-bond acceptors (Lipinski definition) is 3. The molecule has 1 aromatic heterocycles. The SMILES string of the molecule is Cc1cc(Cl)nnc1-c1cc(Br)ccc1O. The van der Waals surface area contributed by atoms with Gasteiger partial charge in [-0.2, -0.15) is 0 Å². The van der Waals surface area contributed by atoms with Gasteiger partial charge in [-0.1, -0.05) is 27.5 Å². The fourth-order valence-corrected chi connectivity index (χ4v) is 1.98. The fourth-order valence-electron chi connectivity index (χ4n) is 1.42. The summed E-state index contributed by atoms with van der Waals surface area (Å²) in [4.78, 5) is 0. The van der Waals surface area contributed by atoms with Crippen LogP contribution < -0.4 is 0 Å². The smallest absolute Gasteiger partial charge is 0.152 e. The largest absolute Gasteiger partial charge is 0.507 e. The second-order valence-electron chi connectivity index (χ2n) is 3.36. The molecule has 16 heavy (non-hydrogen) atoms. The van der Waals surface area contributed by atoms with E-state index in [0.29, 0.717) is 16.4 Å². The Kier molecular flexibility index (Phi) is 3.12. The van der Waals surface area contributed by atoms with E-state index in [1.165, 1.54) is 0 Å². The van der Waals surface area contributed by atoms with Crippen molar-refractivity contribution in [2.45, 2.75) is 6.92 Å². The molecule has 3 nitrogen and oxygen atoms in total. The zero-order valence-corrected chi connectivity index (χ0v) is 10.7. The maximum atomic E-state index is 9.76. The second kappa shape index (κ2) is 4.39.